The van der Waals surface area contributed by atoms with Gasteiger partial charge in [-0.3, -0.25) is 4.79 Å². The topological polar surface area (TPSA) is 45.8 Å². The van der Waals surface area contributed by atoms with E-state index < -0.39 is 0 Å². The van der Waals surface area contributed by atoms with Gasteiger partial charge in [-0.05, 0) is 32.6 Å². The number of ketones is 1. The summed E-state index contributed by atoms with van der Waals surface area (Å²) in [6.45, 7) is 2.02. The van der Waals surface area contributed by atoms with E-state index in [1.54, 1.807) is 0 Å². The highest BCUT2D eigenvalue weighted by Crippen LogP contribution is 2.19. The Morgan fingerprint density at radius 3 is 2.60 bits per heavy atom. The Morgan fingerprint density at radius 2 is 1.90 bits per heavy atom. The molecule has 0 atom stereocenters. The Hall–Kier alpha value is -1.61. The molecule has 3 nitrogen and oxygen atoms in total. The molecule has 0 fully saturated rings. The summed E-state index contributed by atoms with van der Waals surface area (Å²) in [5.41, 5.74) is 4.33. The molecule has 1 aliphatic carbocycles. The number of carbonyl (C=O) groups is 1. The SMILES string of the molecule is Cc1ccc(C(=O)Cc2nc3c([nH]2)CCCC3)cc1.Cl. The standard InChI is InChI=1S/C16H18N2O.ClH/c1-11-6-8-12(9-7-11)15(19)10-16-17-13-4-2-3-5-14(13)18-16;/h6-9H,2-5,10H2,1H3,(H,17,18);1H. The summed E-state index contributed by atoms with van der Waals surface area (Å²) in [7, 11) is 0. The first kappa shape index (κ1) is 14.8. The number of imidazole rings is 1. The zero-order chi connectivity index (χ0) is 13.2. The number of aromatic nitrogens is 2. The first-order chi connectivity index (χ1) is 9.22. The van der Waals surface area contributed by atoms with E-state index >= 15 is 0 Å². The smallest absolute Gasteiger partial charge is 0.170 e. The van der Waals surface area contributed by atoms with Crippen LogP contribution in [0.3, 0.4) is 0 Å². The van der Waals surface area contributed by atoms with E-state index in [-0.39, 0.29) is 18.2 Å². The number of halogens is 1. The summed E-state index contributed by atoms with van der Waals surface area (Å²) in [4.78, 5) is 20.0. The van der Waals surface area contributed by atoms with Gasteiger partial charge in [-0.25, -0.2) is 4.98 Å². The van der Waals surface area contributed by atoms with Gasteiger partial charge in [-0.1, -0.05) is 29.8 Å². The minimum Gasteiger partial charge on any atom is -0.345 e. The van der Waals surface area contributed by atoms with Crippen LogP contribution in [0, 0.1) is 6.92 Å². The first-order valence-corrected chi connectivity index (χ1v) is 6.89. The Bertz CT molecular complexity index is 578. The summed E-state index contributed by atoms with van der Waals surface area (Å²) in [5, 5.41) is 0. The molecule has 0 saturated heterocycles. The number of rotatable bonds is 3. The lowest BCUT2D eigenvalue weighted by Gasteiger charge is -2.07. The van der Waals surface area contributed by atoms with Gasteiger partial charge >= 0.3 is 0 Å². The molecule has 1 aromatic carbocycles. The quantitative estimate of drug-likeness (QED) is 0.880. The summed E-state index contributed by atoms with van der Waals surface area (Å²) in [6.07, 6.45) is 4.92. The fraction of sp³-hybridized carbons (Fsp3) is 0.375. The van der Waals surface area contributed by atoms with Crippen molar-refractivity contribution in [2.75, 3.05) is 0 Å². The molecule has 0 bridgehead atoms. The molecule has 20 heavy (non-hydrogen) atoms. The molecule has 0 aliphatic heterocycles. The third-order valence-corrected chi connectivity index (χ3v) is 3.71. The predicted molar refractivity (Wildman–Crippen MR) is 81.7 cm³/mol. The molecule has 1 aromatic heterocycles. The number of nitrogens with one attached hydrogen (secondary N) is 1. The molecule has 0 amide bonds. The Labute approximate surface area is 125 Å². The van der Waals surface area contributed by atoms with Crippen LogP contribution in [0.25, 0.3) is 0 Å². The first-order valence-electron chi connectivity index (χ1n) is 6.89. The summed E-state index contributed by atoms with van der Waals surface area (Å²) in [5.74, 6) is 0.948. The number of hydrogen-bond acceptors (Lipinski definition) is 2. The fourth-order valence-electron chi connectivity index (χ4n) is 2.59. The van der Waals surface area contributed by atoms with Crippen molar-refractivity contribution in [3.63, 3.8) is 0 Å². The van der Waals surface area contributed by atoms with Gasteiger partial charge in [0.1, 0.15) is 5.82 Å². The average Bonchev–Trinajstić information content (AvgIpc) is 2.81. The summed E-state index contributed by atoms with van der Waals surface area (Å²) >= 11 is 0. The van der Waals surface area contributed by atoms with Crippen LogP contribution in [-0.2, 0) is 19.3 Å². The van der Waals surface area contributed by atoms with E-state index in [9.17, 15) is 4.79 Å². The molecule has 1 heterocycles. The van der Waals surface area contributed by atoms with Gasteiger partial charge in [0.15, 0.2) is 5.78 Å². The molecule has 0 unspecified atom stereocenters. The fourth-order valence-corrected chi connectivity index (χ4v) is 2.59. The minimum absolute atomic E-state index is 0. The van der Waals surface area contributed by atoms with Gasteiger partial charge in [0, 0.05) is 11.3 Å². The molecular weight excluding hydrogens is 272 g/mol. The van der Waals surface area contributed by atoms with E-state index in [2.05, 4.69) is 9.97 Å². The lowest BCUT2D eigenvalue weighted by Crippen LogP contribution is -2.05. The van der Waals surface area contributed by atoms with Crippen molar-refractivity contribution in [1.29, 1.82) is 0 Å². The maximum Gasteiger partial charge on any atom is 0.170 e. The molecule has 2 aromatic rings. The number of hydrogen-bond donors (Lipinski definition) is 1. The highest BCUT2D eigenvalue weighted by atomic mass is 35.5. The van der Waals surface area contributed by atoms with E-state index in [1.165, 1.54) is 24.1 Å². The van der Waals surface area contributed by atoms with Crippen molar-refractivity contribution in [3.8, 4) is 0 Å². The van der Waals surface area contributed by atoms with Crippen molar-refractivity contribution in [2.24, 2.45) is 0 Å². The number of Topliss-reactive ketones (excluding diaryl/α,β-unsaturated/α-hetero) is 1. The number of benzene rings is 1. The lowest BCUT2D eigenvalue weighted by molar-refractivity contribution is 0.0991. The number of aryl methyl sites for hydroxylation is 3. The second-order valence-electron chi connectivity index (χ2n) is 5.28. The molecule has 3 rings (SSSR count). The van der Waals surface area contributed by atoms with E-state index in [0.717, 1.165) is 29.9 Å². The maximum absolute atomic E-state index is 12.2. The Morgan fingerprint density at radius 1 is 1.20 bits per heavy atom. The van der Waals surface area contributed by atoms with Crippen molar-refractivity contribution in [3.05, 3.63) is 52.6 Å². The van der Waals surface area contributed by atoms with Gasteiger partial charge < -0.3 is 4.98 Å². The third kappa shape index (κ3) is 3.10. The Balaban J connectivity index is 0.00000147. The van der Waals surface area contributed by atoms with Crippen LogP contribution in [0.4, 0.5) is 0 Å². The average molecular weight is 291 g/mol. The molecular formula is C16H19ClN2O. The minimum atomic E-state index is 0. The van der Waals surface area contributed by atoms with Crippen molar-refractivity contribution >= 4 is 18.2 Å². The Kier molecular flexibility index (Phi) is 4.61. The second kappa shape index (κ2) is 6.23. The third-order valence-electron chi connectivity index (χ3n) is 3.71. The largest absolute Gasteiger partial charge is 0.345 e. The highest BCUT2D eigenvalue weighted by molar-refractivity contribution is 5.97. The van der Waals surface area contributed by atoms with Crippen LogP contribution >= 0.6 is 12.4 Å². The molecule has 1 aliphatic rings. The number of nitrogens with zero attached hydrogens (tertiary/aromatic N) is 1. The van der Waals surface area contributed by atoms with Gasteiger partial charge in [-0.15, -0.1) is 12.4 Å². The number of aromatic amines is 1. The zero-order valence-corrected chi connectivity index (χ0v) is 12.4. The van der Waals surface area contributed by atoms with Crippen LogP contribution in [0.2, 0.25) is 0 Å². The number of carbonyl (C=O) groups excluding carboxylic acids is 1. The predicted octanol–water partition coefficient (Wildman–Crippen LogP) is 3.44. The van der Waals surface area contributed by atoms with Crippen LogP contribution in [0.1, 0.15) is 46.0 Å². The van der Waals surface area contributed by atoms with Crippen molar-refractivity contribution in [2.45, 2.75) is 39.0 Å². The normalized spacial score (nSPS) is 13.4. The van der Waals surface area contributed by atoms with Gasteiger partial charge in [-0.2, -0.15) is 0 Å². The maximum atomic E-state index is 12.2. The molecule has 0 spiro atoms. The van der Waals surface area contributed by atoms with Crippen LogP contribution in [0.15, 0.2) is 24.3 Å². The monoisotopic (exact) mass is 290 g/mol. The number of H-pyrrole nitrogens is 1. The van der Waals surface area contributed by atoms with Crippen molar-refractivity contribution in [1.82, 2.24) is 9.97 Å². The summed E-state index contributed by atoms with van der Waals surface area (Å²) in [6, 6.07) is 7.72. The lowest BCUT2D eigenvalue weighted by atomic mass is 10.0. The number of fused-ring (bicyclic) bond motifs is 1. The van der Waals surface area contributed by atoms with Gasteiger partial charge in [0.2, 0.25) is 0 Å². The molecule has 0 saturated carbocycles. The van der Waals surface area contributed by atoms with Crippen LogP contribution in [0.5, 0.6) is 0 Å². The molecule has 1 N–H and O–H groups in total. The van der Waals surface area contributed by atoms with Crippen LogP contribution in [-0.4, -0.2) is 15.8 Å². The van der Waals surface area contributed by atoms with Crippen LogP contribution < -0.4 is 0 Å². The van der Waals surface area contributed by atoms with E-state index in [4.69, 9.17) is 0 Å². The van der Waals surface area contributed by atoms with Crippen molar-refractivity contribution < 1.29 is 4.79 Å². The highest BCUT2D eigenvalue weighted by Gasteiger charge is 2.16. The van der Waals surface area contributed by atoms with E-state index in [0.29, 0.717) is 6.42 Å². The second-order valence-corrected chi connectivity index (χ2v) is 5.28. The van der Waals surface area contributed by atoms with E-state index in [1.807, 2.05) is 31.2 Å². The molecule has 106 valence electrons. The summed E-state index contributed by atoms with van der Waals surface area (Å²) < 4.78 is 0. The molecule has 0 radical (unpaired) electrons. The van der Waals surface area contributed by atoms with Gasteiger partial charge in [0.25, 0.3) is 0 Å². The van der Waals surface area contributed by atoms with Gasteiger partial charge in [0.05, 0.1) is 12.1 Å². The molecule has 4 heteroatoms. The zero-order valence-electron chi connectivity index (χ0n) is 11.6.